The van der Waals surface area contributed by atoms with Crippen LogP contribution in [-0.4, -0.2) is 0 Å². The number of benzene rings is 1. The molecule has 0 amide bonds. The maximum atomic E-state index is 13.6. The van der Waals surface area contributed by atoms with E-state index in [1.165, 1.54) is 63.5 Å². The summed E-state index contributed by atoms with van der Waals surface area (Å²) in [5, 5.41) is -0.398. The molecular formula is C22H28Cl2F2. The zero-order chi connectivity index (χ0) is 18.5. The van der Waals surface area contributed by atoms with Crippen molar-refractivity contribution >= 4 is 23.2 Å². The molecule has 0 N–H and O–H groups in total. The van der Waals surface area contributed by atoms with Crippen molar-refractivity contribution in [3.8, 4) is 0 Å². The van der Waals surface area contributed by atoms with Crippen LogP contribution in [0.25, 0.3) is 0 Å². The molecular weight excluding hydrogens is 373 g/mol. The van der Waals surface area contributed by atoms with E-state index in [4.69, 9.17) is 23.2 Å². The Hall–Kier alpha value is -0.600. The quantitative estimate of drug-likeness (QED) is 0.440. The van der Waals surface area contributed by atoms with E-state index >= 15 is 0 Å². The van der Waals surface area contributed by atoms with Crippen molar-refractivity contribution in [2.24, 2.45) is 23.7 Å². The van der Waals surface area contributed by atoms with Crippen LogP contribution in [0.1, 0.15) is 63.4 Å². The van der Waals surface area contributed by atoms with Crippen LogP contribution in [0.15, 0.2) is 23.7 Å². The van der Waals surface area contributed by atoms with E-state index in [-0.39, 0.29) is 0 Å². The van der Waals surface area contributed by atoms with Gasteiger partial charge in [0.15, 0.2) is 0 Å². The predicted molar refractivity (Wildman–Crippen MR) is 106 cm³/mol. The Kier molecular flexibility index (Phi) is 7.40. The van der Waals surface area contributed by atoms with Gasteiger partial charge in [0.25, 0.3) is 0 Å². The van der Waals surface area contributed by atoms with Crippen molar-refractivity contribution < 1.29 is 8.78 Å². The number of halogens is 4. The fourth-order valence-corrected chi connectivity index (χ4v) is 5.30. The van der Waals surface area contributed by atoms with E-state index in [9.17, 15) is 8.78 Å². The molecule has 0 bridgehead atoms. The van der Waals surface area contributed by atoms with Crippen molar-refractivity contribution in [1.29, 1.82) is 0 Å². The highest BCUT2D eigenvalue weighted by Crippen LogP contribution is 2.42. The van der Waals surface area contributed by atoms with E-state index < -0.39 is 16.7 Å². The van der Waals surface area contributed by atoms with E-state index in [0.717, 1.165) is 30.2 Å². The van der Waals surface area contributed by atoms with Gasteiger partial charge in [0.05, 0.1) is 0 Å². The summed E-state index contributed by atoms with van der Waals surface area (Å²) >= 11 is 11.3. The van der Waals surface area contributed by atoms with Gasteiger partial charge < -0.3 is 0 Å². The smallest absolute Gasteiger partial charge is 0.145 e. The third-order valence-corrected chi connectivity index (χ3v) is 7.11. The summed E-state index contributed by atoms with van der Waals surface area (Å²) in [6.45, 7) is 0. The van der Waals surface area contributed by atoms with Crippen LogP contribution in [-0.2, 0) is 6.42 Å². The van der Waals surface area contributed by atoms with E-state index in [1.807, 2.05) is 0 Å². The molecule has 0 unspecified atom stereocenters. The van der Waals surface area contributed by atoms with Gasteiger partial charge in [-0.15, -0.1) is 0 Å². The molecule has 3 rings (SSSR count). The Bertz CT molecular complexity index is 590. The topological polar surface area (TPSA) is 0 Å². The molecule has 0 spiro atoms. The summed E-state index contributed by atoms with van der Waals surface area (Å²) in [5.41, 5.74) is 2.39. The molecule has 0 radical (unpaired) electrons. The Morgan fingerprint density at radius 1 is 0.885 bits per heavy atom. The number of rotatable bonds is 5. The maximum Gasteiger partial charge on any atom is 0.145 e. The minimum Gasteiger partial charge on any atom is -0.205 e. The monoisotopic (exact) mass is 400 g/mol. The molecule has 0 heterocycles. The summed E-state index contributed by atoms with van der Waals surface area (Å²) < 4.78 is 27.1. The lowest BCUT2D eigenvalue weighted by molar-refractivity contribution is 0.153. The Morgan fingerprint density at radius 2 is 1.42 bits per heavy atom. The number of aryl methyl sites for hydroxylation is 1. The molecule has 0 aromatic heterocycles. The van der Waals surface area contributed by atoms with E-state index in [2.05, 4.69) is 6.08 Å². The number of hydrogen-bond donors (Lipinski definition) is 0. The number of allylic oxidation sites excluding steroid dienone is 1. The summed E-state index contributed by atoms with van der Waals surface area (Å²) in [7, 11) is 0. The SMILES string of the molecule is Fc1cc(CCC2CCC(C3CCC(/C=C/Cl)CC3)CC2)cc(F)c1Cl. The van der Waals surface area contributed by atoms with Crippen LogP contribution in [0.2, 0.25) is 5.02 Å². The van der Waals surface area contributed by atoms with Gasteiger partial charge in [0.1, 0.15) is 16.7 Å². The first kappa shape index (κ1) is 20.1. The Morgan fingerprint density at radius 3 is 1.96 bits per heavy atom. The van der Waals surface area contributed by atoms with Crippen molar-refractivity contribution in [3.63, 3.8) is 0 Å². The van der Waals surface area contributed by atoms with Gasteiger partial charge in [0, 0.05) is 5.54 Å². The van der Waals surface area contributed by atoms with Crippen LogP contribution in [0.5, 0.6) is 0 Å². The van der Waals surface area contributed by atoms with Crippen molar-refractivity contribution in [2.45, 2.75) is 64.2 Å². The lowest BCUT2D eigenvalue weighted by Gasteiger charge is -2.37. The summed E-state index contributed by atoms with van der Waals surface area (Å²) in [4.78, 5) is 0. The van der Waals surface area contributed by atoms with Gasteiger partial charge in [-0.2, -0.15) is 0 Å². The average Bonchev–Trinajstić information content (AvgIpc) is 2.66. The molecule has 0 nitrogen and oxygen atoms in total. The molecule has 2 saturated carbocycles. The van der Waals surface area contributed by atoms with E-state index in [1.54, 1.807) is 5.54 Å². The normalized spacial score (nSPS) is 30.0. The van der Waals surface area contributed by atoms with Gasteiger partial charge in [0.2, 0.25) is 0 Å². The largest absolute Gasteiger partial charge is 0.205 e. The molecule has 0 atom stereocenters. The molecule has 1 aromatic carbocycles. The molecule has 0 saturated heterocycles. The zero-order valence-electron chi connectivity index (χ0n) is 15.2. The van der Waals surface area contributed by atoms with Crippen LogP contribution in [0, 0.1) is 35.3 Å². The molecule has 0 aliphatic heterocycles. The molecule has 2 fully saturated rings. The standard InChI is InChI=1S/C22H28Cl2F2/c23-12-11-16-5-9-19(10-6-16)18-7-3-15(4-8-18)1-2-17-13-20(25)22(24)21(26)14-17/h11-16,18-19H,1-10H2/b12-11+. The summed E-state index contributed by atoms with van der Waals surface area (Å²) in [6, 6.07) is 2.76. The van der Waals surface area contributed by atoms with Crippen LogP contribution >= 0.6 is 23.2 Å². The fraction of sp³-hybridized carbons (Fsp3) is 0.636. The molecule has 4 heteroatoms. The van der Waals surface area contributed by atoms with Gasteiger partial charge in [-0.3, -0.25) is 0 Å². The predicted octanol–water partition coefficient (Wildman–Crippen LogP) is 7.92. The Balaban J connectivity index is 1.42. The molecule has 1 aromatic rings. The summed E-state index contributed by atoms with van der Waals surface area (Å²) in [6.07, 6.45) is 14.3. The highest BCUT2D eigenvalue weighted by atomic mass is 35.5. The minimum atomic E-state index is -0.648. The average molecular weight is 401 g/mol. The highest BCUT2D eigenvalue weighted by molar-refractivity contribution is 6.30. The fourth-order valence-electron chi connectivity index (χ4n) is 4.98. The number of hydrogen-bond acceptors (Lipinski definition) is 0. The van der Waals surface area contributed by atoms with Gasteiger partial charge >= 0.3 is 0 Å². The second-order valence-electron chi connectivity index (χ2n) is 8.19. The lowest BCUT2D eigenvalue weighted by atomic mass is 9.68. The van der Waals surface area contributed by atoms with Gasteiger partial charge in [-0.25, -0.2) is 8.78 Å². The third-order valence-electron chi connectivity index (χ3n) is 6.60. The van der Waals surface area contributed by atoms with E-state index in [0.29, 0.717) is 11.8 Å². The first-order valence-electron chi connectivity index (χ1n) is 9.97. The van der Waals surface area contributed by atoms with Gasteiger partial charge in [-0.05, 0) is 92.7 Å². The highest BCUT2D eigenvalue weighted by Gasteiger charge is 2.30. The van der Waals surface area contributed by atoms with Crippen molar-refractivity contribution in [1.82, 2.24) is 0 Å². The van der Waals surface area contributed by atoms with Crippen LogP contribution < -0.4 is 0 Å². The minimum absolute atomic E-state index is 0.398. The molecule has 26 heavy (non-hydrogen) atoms. The second kappa shape index (κ2) is 9.55. The van der Waals surface area contributed by atoms with Crippen molar-refractivity contribution in [2.75, 3.05) is 0 Å². The Labute approximate surface area is 166 Å². The second-order valence-corrected chi connectivity index (χ2v) is 8.82. The van der Waals surface area contributed by atoms with Crippen LogP contribution in [0.3, 0.4) is 0 Å². The first-order valence-corrected chi connectivity index (χ1v) is 10.8. The third kappa shape index (κ3) is 5.23. The molecule has 144 valence electrons. The van der Waals surface area contributed by atoms with Gasteiger partial charge in [-0.1, -0.05) is 42.1 Å². The molecule has 2 aliphatic rings. The van der Waals surface area contributed by atoms with Crippen molar-refractivity contribution in [3.05, 3.63) is 46.0 Å². The van der Waals surface area contributed by atoms with Crippen LogP contribution in [0.4, 0.5) is 8.78 Å². The first-order chi connectivity index (χ1) is 12.6. The summed E-state index contributed by atoms with van der Waals surface area (Å²) in [5.74, 6) is 1.83. The molecule has 2 aliphatic carbocycles. The zero-order valence-corrected chi connectivity index (χ0v) is 16.7. The lowest BCUT2D eigenvalue weighted by Crippen LogP contribution is -2.25. The maximum absolute atomic E-state index is 13.6.